The van der Waals surface area contributed by atoms with Crippen LogP contribution in [0.3, 0.4) is 0 Å². The fourth-order valence-electron chi connectivity index (χ4n) is 3.58. The Morgan fingerprint density at radius 3 is 2.45 bits per heavy atom. The fraction of sp³-hybridized carbons (Fsp3) is 0.0741. The first-order valence-electron chi connectivity index (χ1n) is 10.7. The lowest BCUT2D eigenvalue weighted by molar-refractivity contribution is 0.340. The highest BCUT2D eigenvalue weighted by molar-refractivity contribution is 5.81. The lowest BCUT2D eigenvalue weighted by atomic mass is 10.2. The highest BCUT2D eigenvalue weighted by atomic mass is 16.5. The summed E-state index contributed by atoms with van der Waals surface area (Å²) in [4.78, 5) is 17.9. The van der Waals surface area contributed by atoms with E-state index in [1.54, 1.807) is 6.07 Å². The Hall–Kier alpha value is -4.45. The maximum atomic E-state index is 13.2. The first kappa shape index (κ1) is 20.5. The van der Waals surface area contributed by atoms with Gasteiger partial charge < -0.3 is 9.15 Å². The van der Waals surface area contributed by atoms with Gasteiger partial charge in [-0.2, -0.15) is 9.78 Å². The van der Waals surface area contributed by atoms with Crippen LogP contribution in [0.4, 0.5) is 0 Å². The largest absolute Gasteiger partial charge is 0.494 e. The number of hydrogen-bond acceptors (Lipinski definition) is 5. The molecule has 33 heavy (non-hydrogen) atoms. The number of hydrogen-bond donors (Lipinski definition) is 0. The van der Waals surface area contributed by atoms with Crippen molar-refractivity contribution >= 4 is 17.1 Å². The number of furan rings is 1. The third kappa shape index (κ3) is 4.19. The van der Waals surface area contributed by atoms with Gasteiger partial charge in [0.1, 0.15) is 17.3 Å². The quantitative estimate of drug-likeness (QED) is 0.325. The minimum atomic E-state index is -0.242. The van der Waals surface area contributed by atoms with E-state index in [0.717, 1.165) is 16.9 Å². The van der Waals surface area contributed by atoms with Gasteiger partial charge in [-0.15, -0.1) is 0 Å². The molecule has 2 heterocycles. The van der Waals surface area contributed by atoms with Gasteiger partial charge in [0.15, 0.2) is 5.82 Å². The van der Waals surface area contributed by atoms with E-state index in [4.69, 9.17) is 14.1 Å². The standard InChI is InChI=1S/C27H21N3O3/c1-2-32-21-14-12-19(13-15-21)25-17-16-22(33-25)18-28-30-26(20-8-4-3-5-9-20)29-24-11-7-6-10-23(24)27(30)31/h3-18H,2H2,1H3. The van der Waals surface area contributed by atoms with Crippen molar-refractivity contribution in [2.45, 2.75) is 6.92 Å². The minimum absolute atomic E-state index is 0.242. The van der Waals surface area contributed by atoms with Crippen LogP contribution in [0.5, 0.6) is 5.75 Å². The lowest BCUT2D eigenvalue weighted by Gasteiger charge is -2.09. The van der Waals surface area contributed by atoms with Gasteiger partial charge in [-0.05, 0) is 55.5 Å². The summed E-state index contributed by atoms with van der Waals surface area (Å²) in [6, 6.07) is 28.2. The average Bonchev–Trinajstić information content (AvgIpc) is 3.34. The molecular weight excluding hydrogens is 414 g/mol. The van der Waals surface area contributed by atoms with Gasteiger partial charge in [0.05, 0.1) is 23.7 Å². The summed E-state index contributed by atoms with van der Waals surface area (Å²) in [5, 5.41) is 4.95. The molecule has 5 aromatic rings. The molecule has 6 nitrogen and oxygen atoms in total. The number of rotatable bonds is 6. The summed E-state index contributed by atoms with van der Waals surface area (Å²) >= 11 is 0. The van der Waals surface area contributed by atoms with Crippen molar-refractivity contribution in [1.29, 1.82) is 0 Å². The van der Waals surface area contributed by atoms with Gasteiger partial charge in [-0.3, -0.25) is 4.79 Å². The minimum Gasteiger partial charge on any atom is -0.494 e. The van der Waals surface area contributed by atoms with Crippen LogP contribution in [-0.2, 0) is 0 Å². The third-order valence-electron chi connectivity index (χ3n) is 5.16. The molecule has 0 bridgehead atoms. The zero-order valence-electron chi connectivity index (χ0n) is 18.0. The molecule has 3 aromatic carbocycles. The first-order valence-corrected chi connectivity index (χ1v) is 10.7. The molecule has 0 amide bonds. The molecule has 0 aliphatic heterocycles. The van der Waals surface area contributed by atoms with Gasteiger partial charge in [-0.25, -0.2) is 4.98 Å². The van der Waals surface area contributed by atoms with E-state index in [9.17, 15) is 4.79 Å². The second kappa shape index (κ2) is 8.96. The molecule has 162 valence electrons. The fourth-order valence-corrected chi connectivity index (χ4v) is 3.58. The van der Waals surface area contributed by atoms with Crippen molar-refractivity contribution in [2.24, 2.45) is 5.10 Å². The highest BCUT2D eigenvalue weighted by Gasteiger charge is 2.12. The van der Waals surface area contributed by atoms with Crippen LogP contribution in [0.2, 0.25) is 0 Å². The van der Waals surface area contributed by atoms with E-state index in [2.05, 4.69) is 5.10 Å². The van der Waals surface area contributed by atoms with Crippen LogP contribution in [0, 0.1) is 0 Å². The molecule has 0 unspecified atom stereocenters. The van der Waals surface area contributed by atoms with Gasteiger partial charge in [0.2, 0.25) is 0 Å². The number of ether oxygens (including phenoxy) is 1. The topological polar surface area (TPSA) is 69.6 Å². The van der Waals surface area contributed by atoms with Crippen molar-refractivity contribution in [3.8, 4) is 28.5 Å². The van der Waals surface area contributed by atoms with E-state index in [-0.39, 0.29) is 5.56 Å². The van der Waals surface area contributed by atoms with Gasteiger partial charge in [0, 0.05) is 11.1 Å². The Bertz CT molecular complexity index is 1480. The average molecular weight is 435 g/mol. The van der Waals surface area contributed by atoms with Gasteiger partial charge in [0.25, 0.3) is 5.56 Å². The zero-order chi connectivity index (χ0) is 22.6. The summed E-state index contributed by atoms with van der Waals surface area (Å²) in [6.45, 7) is 2.57. The molecule has 0 saturated carbocycles. The van der Waals surface area contributed by atoms with Crippen molar-refractivity contribution < 1.29 is 9.15 Å². The van der Waals surface area contributed by atoms with E-state index in [0.29, 0.717) is 34.9 Å². The smallest absolute Gasteiger partial charge is 0.282 e. The summed E-state index contributed by atoms with van der Waals surface area (Å²) in [5.41, 5.74) is 2.11. The maximum absolute atomic E-state index is 13.2. The Kier molecular flexibility index (Phi) is 5.55. The molecule has 2 aromatic heterocycles. The number of nitrogens with zero attached hydrogens (tertiary/aromatic N) is 3. The molecule has 5 rings (SSSR count). The normalized spacial score (nSPS) is 11.3. The molecule has 0 atom stereocenters. The van der Waals surface area contributed by atoms with E-state index in [1.165, 1.54) is 10.9 Å². The summed E-state index contributed by atoms with van der Waals surface area (Å²) in [6.07, 6.45) is 1.53. The van der Waals surface area contributed by atoms with Crippen molar-refractivity contribution in [1.82, 2.24) is 9.66 Å². The molecular formula is C27H21N3O3. The number of aromatic nitrogens is 2. The molecule has 0 radical (unpaired) electrons. The van der Waals surface area contributed by atoms with E-state index < -0.39 is 0 Å². The van der Waals surface area contributed by atoms with Crippen LogP contribution in [0.15, 0.2) is 105 Å². The van der Waals surface area contributed by atoms with Crippen LogP contribution in [0.1, 0.15) is 12.7 Å². The molecule has 0 N–H and O–H groups in total. The Morgan fingerprint density at radius 1 is 0.909 bits per heavy atom. The molecule has 0 aliphatic rings. The number of fused-ring (bicyclic) bond motifs is 1. The van der Waals surface area contributed by atoms with E-state index in [1.807, 2.05) is 91.9 Å². The van der Waals surface area contributed by atoms with Crippen molar-refractivity contribution in [3.05, 3.63) is 107 Å². The number of benzene rings is 3. The highest BCUT2D eigenvalue weighted by Crippen LogP contribution is 2.24. The van der Waals surface area contributed by atoms with Gasteiger partial charge in [-0.1, -0.05) is 42.5 Å². The molecule has 0 aliphatic carbocycles. The predicted molar refractivity (Wildman–Crippen MR) is 130 cm³/mol. The SMILES string of the molecule is CCOc1ccc(-c2ccc(C=Nn3c(-c4ccccc4)nc4ccccc4c3=O)o2)cc1. The Labute approximate surface area is 190 Å². The molecule has 0 saturated heterocycles. The molecule has 0 spiro atoms. The lowest BCUT2D eigenvalue weighted by Crippen LogP contribution is -2.20. The van der Waals surface area contributed by atoms with E-state index >= 15 is 0 Å². The first-order chi connectivity index (χ1) is 16.2. The maximum Gasteiger partial charge on any atom is 0.282 e. The summed E-state index contributed by atoms with van der Waals surface area (Å²) < 4.78 is 12.7. The van der Waals surface area contributed by atoms with Crippen molar-refractivity contribution in [2.75, 3.05) is 6.61 Å². The predicted octanol–water partition coefficient (Wildman–Crippen LogP) is 5.60. The summed E-state index contributed by atoms with van der Waals surface area (Å²) in [7, 11) is 0. The van der Waals surface area contributed by atoms with Crippen LogP contribution >= 0.6 is 0 Å². The zero-order valence-corrected chi connectivity index (χ0v) is 18.0. The molecule has 6 heteroatoms. The second-order valence-corrected chi connectivity index (χ2v) is 7.34. The Morgan fingerprint density at radius 2 is 1.67 bits per heavy atom. The van der Waals surface area contributed by atoms with Crippen molar-refractivity contribution in [3.63, 3.8) is 0 Å². The second-order valence-electron chi connectivity index (χ2n) is 7.34. The van der Waals surface area contributed by atoms with Crippen LogP contribution in [0.25, 0.3) is 33.6 Å². The van der Waals surface area contributed by atoms with Crippen LogP contribution in [-0.4, -0.2) is 22.5 Å². The van der Waals surface area contributed by atoms with Gasteiger partial charge >= 0.3 is 0 Å². The number of para-hydroxylation sites is 1. The third-order valence-corrected chi connectivity index (χ3v) is 5.16. The monoisotopic (exact) mass is 435 g/mol. The Balaban J connectivity index is 1.52. The molecule has 0 fully saturated rings. The van der Waals surface area contributed by atoms with Crippen LogP contribution < -0.4 is 10.3 Å². The summed E-state index contributed by atoms with van der Waals surface area (Å²) in [5.74, 6) is 2.50.